The van der Waals surface area contributed by atoms with Gasteiger partial charge in [-0.15, -0.1) is 0 Å². The molecular formula is C10H13NO4S. The number of hydrogen-bond donors (Lipinski definition) is 2. The summed E-state index contributed by atoms with van der Waals surface area (Å²) in [7, 11) is -4.12. The molecule has 5 nitrogen and oxygen atoms in total. The van der Waals surface area contributed by atoms with Gasteiger partial charge in [-0.2, -0.15) is 8.42 Å². The van der Waals surface area contributed by atoms with Crippen molar-refractivity contribution in [1.82, 2.24) is 0 Å². The molecule has 0 radical (unpaired) electrons. The smallest absolute Gasteiger partial charge is 0.294 e. The minimum Gasteiger partial charge on any atom is -0.870 e. The lowest BCUT2D eigenvalue weighted by Gasteiger charge is -2.11. The highest BCUT2D eigenvalue weighted by molar-refractivity contribution is 7.85. The Morgan fingerprint density at radius 3 is 2.50 bits per heavy atom. The van der Waals surface area contributed by atoms with Crippen LogP contribution in [0, 0.1) is 0 Å². The first kappa shape index (κ1) is 12.8. The van der Waals surface area contributed by atoms with E-state index in [0.717, 1.165) is 11.3 Å². The molecule has 1 aliphatic heterocycles. The van der Waals surface area contributed by atoms with Gasteiger partial charge >= 0.3 is 0 Å². The lowest BCUT2D eigenvalue weighted by atomic mass is 9.87. The van der Waals surface area contributed by atoms with Gasteiger partial charge in [0.25, 0.3) is 10.1 Å². The maximum atomic E-state index is 11.0. The predicted octanol–water partition coefficient (Wildman–Crippen LogP) is -0.169. The molecule has 0 spiro atoms. The van der Waals surface area contributed by atoms with E-state index in [1.54, 1.807) is 6.07 Å². The molecule has 3 N–H and O–H groups in total. The Kier molecular flexibility index (Phi) is 2.93. The summed E-state index contributed by atoms with van der Waals surface area (Å²) in [4.78, 5) is 3.00. The monoisotopic (exact) mass is 243 g/mol. The van der Waals surface area contributed by atoms with Gasteiger partial charge in [0, 0.05) is 11.6 Å². The molecule has 0 unspecified atom stereocenters. The van der Waals surface area contributed by atoms with Crippen LogP contribution in [0.5, 0.6) is 0 Å². The van der Waals surface area contributed by atoms with Gasteiger partial charge in [-0.25, -0.2) is 4.99 Å². The molecule has 6 heteroatoms. The molecule has 0 amide bonds. The van der Waals surface area contributed by atoms with Crippen LogP contribution in [0.1, 0.15) is 19.4 Å². The maximum Gasteiger partial charge on any atom is 0.294 e. The summed E-state index contributed by atoms with van der Waals surface area (Å²) in [6.45, 7) is 3.94. The minimum atomic E-state index is -4.12. The van der Waals surface area contributed by atoms with Crippen LogP contribution in [-0.2, 0) is 15.5 Å². The summed E-state index contributed by atoms with van der Waals surface area (Å²) < 4.78 is 30.9. The summed E-state index contributed by atoms with van der Waals surface area (Å²) in [5.41, 5.74) is 1.53. The predicted molar refractivity (Wildman–Crippen MR) is 57.9 cm³/mol. The van der Waals surface area contributed by atoms with Crippen molar-refractivity contribution in [2.75, 3.05) is 0 Å². The molecule has 1 aliphatic rings. The van der Waals surface area contributed by atoms with Gasteiger partial charge in [-0.05, 0) is 26.0 Å². The Bertz CT molecular complexity index is 546. The quantitative estimate of drug-likeness (QED) is 0.669. The van der Waals surface area contributed by atoms with Crippen LogP contribution in [0.4, 0.5) is 5.69 Å². The van der Waals surface area contributed by atoms with Gasteiger partial charge in [-0.3, -0.25) is 4.55 Å². The SMILES string of the molecule is CC1(C)C=[NH+]c2ccc(S(=O)(=O)O)cc21.[OH-]. The highest BCUT2D eigenvalue weighted by Crippen LogP contribution is 2.29. The van der Waals surface area contributed by atoms with E-state index in [-0.39, 0.29) is 15.8 Å². The minimum absolute atomic E-state index is 0. The summed E-state index contributed by atoms with van der Waals surface area (Å²) in [6, 6.07) is 4.54. The van der Waals surface area contributed by atoms with E-state index >= 15 is 0 Å². The summed E-state index contributed by atoms with van der Waals surface area (Å²) in [6.07, 6.45) is 1.89. The van der Waals surface area contributed by atoms with Crippen molar-refractivity contribution in [2.45, 2.75) is 24.2 Å². The Balaban J connectivity index is 0.00000128. The fraction of sp³-hybridized carbons (Fsp3) is 0.300. The molecule has 1 heterocycles. The lowest BCUT2D eigenvalue weighted by Crippen LogP contribution is -2.60. The Labute approximate surface area is 93.9 Å². The first-order chi connectivity index (χ1) is 6.81. The highest BCUT2D eigenvalue weighted by atomic mass is 32.2. The number of nitrogens with one attached hydrogen (secondary N) is 1. The van der Waals surface area contributed by atoms with E-state index in [4.69, 9.17) is 4.55 Å². The number of rotatable bonds is 1. The molecule has 0 atom stereocenters. The molecule has 0 bridgehead atoms. The van der Waals surface area contributed by atoms with E-state index < -0.39 is 10.1 Å². The van der Waals surface area contributed by atoms with E-state index in [0.29, 0.717) is 0 Å². The number of fused-ring (bicyclic) bond motifs is 1. The number of benzene rings is 1. The summed E-state index contributed by atoms with van der Waals surface area (Å²) in [5.74, 6) is 0. The van der Waals surface area contributed by atoms with Crippen LogP contribution in [0.2, 0.25) is 0 Å². The van der Waals surface area contributed by atoms with E-state index in [2.05, 4.69) is 4.99 Å². The van der Waals surface area contributed by atoms with Crippen molar-refractivity contribution < 1.29 is 23.4 Å². The zero-order valence-electron chi connectivity index (χ0n) is 8.93. The molecule has 0 fully saturated rings. The molecular weight excluding hydrogens is 230 g/mol. The standard InChI is InChI=1S/C10H11NO3S.H2O/c1-10(2)6-11-9-4-3-7(5-8(9)10)15(12,13)14;/h3-6H,1-2H3,(H,12,13,14);1H2. The van der Waals surface area contributed by atoms with Crippen molar-refractivity contribution in [3.8, 4) is 0 Å². The molecule has 0 aromatic heterocycles. The van der Waals surface area contributed by atoms with Crippen molar-refractivity contribution in [3.63, 3.8) is 0 Å². The van der Waals surface area contributed by atoms with Gasteiger partial charge in [0.15, 0.2) is 6.21 Å². The molecule has 88 valence electrons. The van der Waals surface area contributed by atoms with Crippen LogP contribution < -0.4 is 4.99 Å². The first-order valence-electron chi connectivity index (χ1n) is 4.54. The van der Waals surface area contributed by atoms with Crippen molar-refractivity contribution >= 4 is 22.0 Å². The third-order valence-corrected chi connectivity index (χ3v) is 3.42. The van der Waals surface area contributed by atoms with Crippen molar-refractivity contribution in [1.29, 1.82) is 0 Å². The fourth-order valence-electron chi connectivity index (χ4n) is 1.68. The topological polar surface area (TPSA) is 98.3 Å². The molecule has 16 heavy (non-hydrogen) atoms. The number of hydrogen-bond acceptors (Lipinski definition) is 3. The zero-order valence-corrected chi connectivity index (χ0v) is 9.75. The van der Waals surface area contributed by atoms with Gasteiger partial charge in [0.2, 0.25) is 5.69 Å². The van der Waals surface area contributed by atoms with Gasteiger partial charge in [0.1, 0.15) is 0 Å². The second-order valence-corrected chi connectivity index (χ2v) is 5.61. The molecule has 1 aromatic rings. The first-order valence-corrected chi connectivity index (χ1v) is 5.98. The zero-order chi connectivity index (χ0) is 11.3. The average molecular weight is 243 g/mol. The average Bonchev–Trinajstić information content (AvgIpc) is 2.41. The second-order valence-electron chi connectivity index (χ2n) is 4.19. The normalized spacial score (nSPS) is 16.7. The van der Waals surface area contributed by atoms with Crippen LogP contribution in [0.15, 0.2) is 23.1 Å². The third-order valence-electron chi connectivity index (χ3n) is 2.57. The highest BCUT2D eigenvalue weighted by Gasteiger charge is 2.33. The van der Waals surface area contributed by atoms with Crippen molar-refractivity contribution in [3.05, 3.63) is 23.8 Å². The van der Waals surface area contributed by atoms with Gasteiger partial charge < -0.3 is 5.48 Å². The van der Waals surface area contributed by atoms with E-state index in [1.807, 2.05) is 20.1 Å². The molecule has 1 aromatic carbocycles. The molecule has 0 aliphatic carbocycles. The largest absolute Gasteiger partial charge is 0.870 e. The molecule has 2 rings (SSSR count). The van der Waals surface area contributed by atoms with Gasteiger partial charge in [-0.1, -0.05) is 0 Å². The summed E-state index contributed by atoms with van der Waals surface area (Å²) >= 11 is 0. The Morgan fingerprint density at radius 1 is 1.31 bits per heavy atom. The van der Waals surface area contributed by atoms with Gasteiger partial charge in [0.05, 0.1) is 10.3 Å². The Hall–Kier alpha value is -1.24. The van der Waals surface area contributed by atoms with Crippen LogP contribution in [-0.4, -0.2) is 24.7 Å². The second kappa shape index (κ2) is 3.65. The van der Waals surface area contributed by atoms with Crippen LogP contribution >= 0.6 is 0 Å². The van der Waals surface area contributed by atoms with Crippen LogP contribution in [0.3, 0.4) is 0 Å². The molecule has 0 saturated heterocycles. The van der Waals surface area contributed by atoms with E-state index in [1.165, 1.54) is 12.1 Å². The fourth-order valence-corrected chi connectivity index (χ4v) is 2.19. The Morgan fingerprint density at radius 2 is 1.94 bits per heavy atom. The summed E-state index contributed by atoms with van der Waals surface area (Å²) in [5, 5.41) is 0. The third kappa shape index (κ3) is 1.99. The lowest BCUT2D eigenvalue weighted by molar-refractivity contribution is -0.344. The molecule has 0 saturated carbocycles. The maximum absolute atomic E-state index is 11.0. The van der Waals surface area contributed by atoms with Crippen LogP contribution in [0.25, 0.3) is 0 Å². The van der Waals surface area contributed by atoms with E-state index in [9.17, 15) is 8.42 Å². The van der Waals surface area contributed by atoms with Crippen molar-refractivity contribution in [2.24, 2.45) is 0 Å².